The fourth-order valence-electron chi connectivity index (χ4n) is 3.44. The lowest BCUT2D eigenvalue weighted by Gasteiger charge is -2.27. The highest BCUT2D eigenvalue weighted by molar-refractivity contribution is 5.76. The molecule has 0 aliphatic carbocycles. The summed E-state index contributed by atoms with van der Waals surface area (Å²) >= 11 is 0. The second-order valence-corrected chi connectivity index (χ2v) is 8.15. The van der Waals surface area contributed by atoms with E-state index in [0.717, 1.165) is 28.3 Å². The summed E-state index contributed by atoms with van der Waals surface area (Å²) in [7, 11) is 0. The Balaban J connectivity index is 1.30. The minimum absolute atomic E-state index is 0.0353. The van der Waals surface area contributed by atoms with Crippen LogP contribution in [-0.2, 0) is 16.6 Å². The number of fused-ring (bicyclic) bond motifs is 1. The van der Waals surface area contributed by atoms with Crippen LogP contribution < -0.4 is 14.8 Å². The van der Waals surface area contributed by atoms with Gasteiger partial charge in [0.2, 0.25) is 5.91 Å². The second-order valence-electron chi connectivity index (χ2n) is 8.15. The number of benzene rings is 2. The standard InChI is InChI=1S/C24H27N3O3/c1-24(2,19-9-10-21-22(14-19)30-13-12-29-21)17-25-23(28)11-8-18-15-26-27(16-18)20-6-4-3-5-7-20/h3-7,9-10,14-16H,8,11-13,17H2,1-2H3,(H,25,28). The summed E-state index contributed by atoms with van der Waals surface area (Å²) in [6, 6.07) is 15.9. The largest absolute Gasteiger partial charge is 0.486 e. The molecule has 0 saturated carbocycles. The Bertz CT molecular complexity index is 1010. The highest BCUT2D eigenvalue weighted by atomic mass is 16.6. The van der Waals surface area contributed by atoms with Crippen LogP contribution >= 0.6 is 0 Å². The van der Waals surface area contributed by atoms with Crippen molar-refractivity contribution in [3.63, 3.8) is 0 Å². The molecule has 0 saturated heterocycles. The van der Waals surface area contributed by atoms with E-state index in [1.807, 2.05) is 65.6 Å². The molecule has 1 amide bonds. The smallest absolute Gasteiger partial charge is 0.220 e. The molecular formula is C24H27N3O3. The number of aryl methyl sites for hydroxylation is 1. The molecule has 2 aromatic carbocycles. The second kappa shape index (κ2) is 8.61. The first kappa shape index (κ1) is 20.0. The van der Waals surface area contributed by atoms with Gasteiger partial charge in [-0.3, -0.25) is 4.79 Å². The van der Waals surface area contributed by atoms with Crippen LogP contribution in [0.5, 0.6) is 11.5 Å². The Morgan fingerprint density at radius 1 is 1.10 bits per heavy atom. The Morgan fingerprint density at radius 2 is 1.87 bits per heavy atom. The summed E-state index contributed by atoms with van der Waals surface area (Å²) in [6.07, 6.45) is 4.88. The molecule has 0 spiro atoms. The third-order valence-corrected chi connectivity index (χ3v) is 5.35. The SMILES string of the molecule is CC(C)(CNC(=O)CCc1cnn(-c2ccccc2)c1)c1ccc2c(c1)OCCO2. The summed E-state index contributed by atoms with van der Waals surface area (Å²) in [4.78, 5) is 12.4. The van der Waals surface area contributed by atoms with Gasteiger partial charge >= 0.3 is 0 Å². The van der Waals surface area contributed by atoms with Crippen molar-refractivity contribution in [1.29, 1.82) is 0 Å². The average molecular weight is 405 g/mol. The third kappa shape index (κ3) is 4.64. The minimum Gasteiger partial charge on any atom is -0.486 e. The lowest BCUT2D eigenvalue weighted by Crippen LogP contribution is -2.36. The molecule has 156 valence electrons. The fraction of sp³-hybridized carbons (Fsp3) is 0.333. The lowest BCUT2D eigenvalue weighted by molar-refractivity contribution is -0.121. The summed E-state index contributed by atoms with van der Waals surface area (Å²) in [6.45, 7) is 5.92. The Labute approximate surface area is 176 Å². The van der Waals surface area contributed by atoms with Crippen molar-refractivity contribution < 1.29 is 14.3 Å². The Kier molecular flexibility index (Phi) is 5.74. The van der Waals surface area contributed by atoms with Crippen LogP contribution in [0.4, 0.5) is 0 Å². The first-order chi connectivity index (χ1) is 14.5. The van der Waals surface area contributed by atoms with Gasteiger partial charge in [-0.25, -0.2) is 4.68 Å². The zero-order valence-corrected chi connectivity index (χ0v) is 17.4. The molecular weight excluding hydrogens is 378 g/mol. The average Bonchev–Trinajstić information content (AvgIpc) is 3.26. The van der Waals surface area contributed by atoms with Crippen LogP contribution in [0.25, 0.3) is 5.69 Å². The minimum atomic E-state index is -0.219. The zero-order chi connectivity index (χ0) is 21.0. The number of hydrogen-bond donors (Lipinski definition) is 1. The van der Waals surface area contributed by atoms with Gasteiger partial charge in [-0.05, 0) is 41.8 Å². The van der Waals surface area contributed by atoms with Crippen molar-refractivity contribution in [3.05, 3.63) is 72.1 Å². The van der Waals surface area contributed by atoms with E-state index in [1.54, 1.807) is 0 Å². The van der Waals surface area contributed by atoms with E-state index < -0.39 is 0 Å². The Hall–Kier alpha value is -3.28. The molecule has 1 aromatic heterocycles. The topological polar surface area (TPSA) is 65.4 Å². The van der Waals surface area contributed by atoms with Crippen LogP contribution in [0.15, 0.2) is 60.9 Å². The highest BCUT2D eigenvalue weighted by Crippen LogP contribution is 2.34. The number of hydrogen-bond acceptors (Lipinski definition) is 4. The fourth-order valence-corrected chi connectivity index (χ4v) is 3.44. The van der Waals surface area contributed by atoms with Gasteiger partial charge in [-0.2, -0.15) is 5.10 Å². The number of amides is 1. The molecule has 1 N–H and O–H groups in total. The zero-order valence-electron chi connectivity index (χ0n) is 17.4. The predicted octanol–water partition coefficient (Wildman–Crippen LogP) is 3.67. The molecule has 30 heavy (non-hydrogen) atoms. The number of nitrogens with one attached hydrogen (secondary N) is 1. The molecule has 0 unspecified atom stereocenters. The van der Waals surface area contributed by atoms with Crippen molar-refractivity contribution in [3.8, 4) is 17.2 Å². The number of para-hydroxylation sites is 1. The highest BCUT2D eigenvalue weighted by Gasteiger charge is 2.24. The number of carbonyl (C=O) groups excluding carboxylic acids is 1. The van der Waals surface area contributed by atoms with Crippen molar-refractivity contribution in [1.82, 2.24) is 15.1 Å². The van der Waals surface area contributed by atoms with E-state index in [9.17, 15) is 4.79 Å². The monoisotopic (exact) mass is 405 g/mol. The van der Waals surface area contributed by atoms with Gasteiger partial charge in [-0.1, -0.05) is 38.1 Å². The van der Waals surface area contributed by atoms with Crippen molar-refractivity contribution in [2.45, 2.75) is 32.1 Å². The molecule has 0 bridgehead atoms. The normalized spacial score (nSPS) is 13.1. The van der Waals surface area contributed by atoms with Crippen LogP contribution in [0.3, 0.4) is 0 Å². The first-order valence-corrected chi connectivity index (χ1v) is 10.3. The number of aromatic nitrogens is 2. The molecule has 4 rings (SSSR count). The van der Waals surface area contributed by atoms with Gasteiger partial charge in [0, 0.05) is 24.6 Å². The van der Waals surface area contributed by atoms with Crippen LogP contribution in [0.2, 0.25) is 0 Å². The molecule has 3 aromatic rings. The van der Waals surface area contributed by atoms with Gasteiger partial charge in [0.1, 0.15) is 13.2 Å². The molecule has 6 nitrogen and oxygen atoms in total. The van der Waals surface area contributed by atoms with E-state index >= 15 is 0 Å². The van der Waals surface area contributed by atoms with E-state index in [4.69, 9.17) is 9.47 Å². The quantitative estimate of drug-likeness (QED) is 0.651. The van der Waals surface area contributed by atoms with Crippen molar-refractivity contribution >= 4 is 5.91 Å². The molecule has 0 radical (unpaired) electrons. The first-order valence-electron chi connectivity index (χ1n) is 10.3. The molecule has 6 heteroatoms. The van der Waals surface area contributed by atoms with Crippen LogP contribution in [0.1, 0.15) is 31.4 Å². The summed E-state index contributed by atoms with van der Waals surface area (Å²) in [5.74, 6) is 1.59. The number of nitrogens with zero attached hydrogens (tertiary/aromatic N) is 2. The van der Waals surface area contributed by atoms with Gasteiger partial charge < -0.3 is 14.8 Å². The van der Waals surface area contributed by atoms with Gasteiger partial charge in [0.25, 0.3) is 0 Å². The third-order valence-electron chi connectivity index (χ3n) is 5.35. The van der Waals surface area contributed by atoms with Crippen molar-refractivity contribution in [2.75, 3.05) is 19.8 Å². The predicted molar refractivity (Wildman–Crippen MR) is 115 cm³/mol. The maximum Gasteiger partial charge on any atom is 0.220 e. The molecule has 1 aliphatic heterocycles. The van der Waals surface area contributed by atoms with Gasteiger partial charge in [-0.15, -0.1) is 0 Å². The Morgan fingerprint density at radius 3 is 2.67 bits per heavy atom. The summed E-state index contributed by atoms with van der Waals surface area (Å²) in [5, 5.41) is 7.46. The molecule has 2 heterocycles. The molecule has 0 fully saturated rings. The number of ether oxygens (including phenoxy) is 2. The van der Waals surface area contributed by atoms with Crippen molar-refractivity contribution in [2.24, 2.45) is 0 Å². The maximum atomic E-state index is 12.4. The van der Waals surface area contributed by atoms with E-state index in [1.165, 1.54) is 0 Å². The van der Waals surface area contributed by atoms with Crippen LogP contribution in [0, 0.1) is 0 Å². The summed E-state index contributed by atoms with van der Waals surface area (Å²) in [5.41, 5.74) is 2.94. The van der Waals surface area contributed by atoms with E-state index in [0.29, 0.717) is 32.6 Å². The summed E-state index contributed by atoms with van der Waals surface area (Å²) < 4.78 is 13.1. The molecule has 1 aliphatic rings. The molecule has 0 atom stereocenters. The van der Waals surface area contributed by atoms with Gasteiger partial charge in [0.15, 0.2) is 11.5 Å². The lowest BCUT2D eigenvalue weighted by atomic mass is 9.84. The van der Waals surface area contributed by atoms with E-state index in [2.05, 4.69) is 24.3 Å². The van der Waals surface area contributed by atoms with Gasteiger partial charge in [0.05, 0.1) is 11.9 Å². The maximum absolute atomic E-state index is 12.4. The number of rotatable bonds is 7. The van der Waals surface area contributed by atoms with E-state index in [-0.39, 0.29) is 11.3 Å². The number of carbonyl (C=O) groups is 1. The van der Waals surface area contributed by atoms with Crippen LogP contribution in [-0.4, -0.2) is 35.4 Å².